The molecule has 1 amide bonds. The van der Waals surface area contributed by atoms with Crippen molar-refractivity contribution in [2.75, 3.05) is 5.32 Å². The summed E-state index contributed by atoms with van der Waals surface area (Å²) in [6.07, 6.45) is 0.735. The van der Waals surface area contributed by atoms with Crippen LogP contribution in [0.2, 0.25) is 0 Å². The molecule has 0 aliphatic heterocycles. The lowest BCUT2D eigenvalue weighted by atomic mass is 9.84. The van der Waals surface area contributed by atoms with E-state index in [-0.39, 0.29) is 22.9 Å². The van der Waals surface area contributed by atoms with Gasteiger partial charge in [-0.3, -0.25) is 14.9 Å². The lowest BCUT2D eigenvalue weighted by Crippen LogP contribution is -2.22. The number of carbonyl (C=O) groups excluding carboxylic acids is 1. The number of anilines is 1. The fraction of sp³-hybridized carbons (Fsp3) is 0.208. The van der Waals surface area contributed by atoms with Gasteiger partial charge >= 0.3 is 0 Å². The van der Waals surface area contributed by atoms with Gasteiger partial charge in [-0.1, -0.05) is 59.7 Å². The average Bonchev–Trinajstić information content (AvgIpc) is 3.46. The number of amides is 1. The molecular weight excluding hydrogens is 364 g/mol. The standard InChI is InChI=1S/C24H22N2O3/c1-16-5-3-7-18(13-16)24(19-8-4-6-17(2)14-19)15-22(24)23(27)25-20-9-11-21(12-10-20)26(28)29/h3-14,22H,15H2,1-2H3,(H,25,27)/t22-/m1/s1. The molecule has 0 spiro atoms. The Morgan fingerprint density at radius 3 is 2.00 bits per heavy atom. The van der Waals surface area contributed by atoms with Gasteiger partial charge in [0.25, 0.3) is 5.69 Å². The van der Waals surface area contributed by atoms with E-state index in [1.54, 1.807) is 12.1 Å². The number of benzene rings is 3. The molecule has 1 aliphatic carbocycles. The summed E-state index contributed by atoms with van der Waals surface area (Å²) in [5.74, 6) is -0.261. The fourth-order valence-electron chi connectivity index (χ4n) is 4.13. The molecule has 1 atom stereocenters. The van der Waals surface area contributed by atoms with Gasteiger partial charge in [0.05, 0.1) is 10.8 Å². The van der Waals surface area contributed by atoms with Gasteiger partial charge in [0, 0.05) is 23.2 Å². The molecule has 1 N–H and O–H groups in total. The molecule has 0 heterocycles. The van der Waals surface area contributed by atoms with Crippen LogP contribution in [0.1, 0.15) is 28.7 Å². The zero-order valence-electron chi connectivity index (χ0n) is 16.4. The molecule has 1 saturated carbocycles. The number of hydrogen-bond acceptors (Lipinski definition) is 3. The highest BCUT2D eigenvalue weighted by atomic mass is 16.6. The number of nitro groups is 1. The van der Waals surface area contributed by atoms with E-state index < -0.39 is 4.92 Å². The maximum Gasteiger partial charge on any atom is 0.269 e. The summed E-state index contributed by atoms with van der Waals surface area (Å²) in [5, 5.41) is 13.8. The fourth-order valence-corrected chi connectivity index (χ4v) is 4.13. The van der Waals surface area contributed by atoms with Crippen LogP contribution in [0.4, 0.5) is 11.4 Å². The number of nitrogens with one attached hydrogen (secondary N) is 1. The molecular formula is C24H22N2O3. The van der Waals surface area contributed by atoms with Crippen LogP contribution in [0.3, 0.4) is 0 Å². The van der Waals surface area contributed by atoms with Crippen molar-refractivity contribution < 1.29 is 9.72 Å². The van der Waals surface area contributed by atoms with Crippen LogP contribution in [0.25, 0.3) is 0 Å². The van der Waals surface area contributed by atoms with E-state index in [0.29, 0.717) is 5.69 Å². The summed E-state index contributed by atoms with van der Waals surface area (Å²) in [6, 6.07) is 22.6. The van der Waals surface area contributed by atoms with Crippen molar-refractivity contribution >= 4 is 17.3 Å². The molecule has 0 bridgehead atoms. The van der Waals surface area contributed by atoms with Gasteiger partial charge in [-0.2, -0.15) is 0 Å². The van der Waals surface area contributed by atoms with E-state index in [2.05, 4.69) is 55.6 Å². The second-order valence-electron chi connectivity index (χ2n) is 7.76. The number of hydrogen-bond donors (Lipinski definition) is 1. The third kappa shape index (κ3) is 3.51. The Balaban J connectivity index is 1.64. The number of rotatable bonds is 5. The number of non-ortho nitro benzene ring substituents is 1. The highest BCUT2D eigenvalue weighted by Gasteiger charge is 2.60. The van der Waals surface area contributed by atoms with Crippen molar-refractivity contribution in [3.05, 3.63) is 105 Å². The maximum absolute atomic E-state index is 13.1. The first-order chi connectivity index (χ1) is 13.9. The van der Waals surface area contributed by atoms with Gasteiger partial charge in [-0.05, 0) is 43.5 Å². The summed E-state index contributed by atoms with van der Waals surface area (Å²) >= 11 is 0. The van der Waals surface area contributed by atoms with E-state index in [1.165, 1.54) is 12.1 Å². The minimum absolute atomic E-state index is 0.00305. The van der Waals surface area contributed by atoms with Gasteiger partial charge in [0.2, 0.25) is 5.91 Å². The molecule has 3 aromatic rings. The first-order valence-corrected chi connectivity index (χ1v) is 9.60. The lowest BCUT2D eigenvalue weighted by molar-refractivity contribution is -0.384. The smallest absolute Gasteiger partial charge is 0.269 e. The van der Waals surface area contributed by atoms with Crippen LogP contribution < -0.4 is 5.32 Å². The number of carbonyl (C=O) groups is 1. The first kappa shape index (κ1) is 18.9. The summed E-state index contributed by atoms with van der Waals surface area (Å²) in [7, 11) is 0. The van der Waals surface area contributed by atoms with Crippen LogP contribution in [-0.4, -0.2) is 10.8 Å². The van der Waals surface area contributed by atoms with Crippen molar-refractivity contribution in [3.63, 3.8) is 0 Å². The molecule has 5 nitrogen and oxygen atoms in total. The van der Waals surface area contributed by atoms with Gasteiger partial charge in [-0.25, -0.2) is 0 Å². The largest absolute Gasteiger partial charge is 0.326 e. The molecule has 4 rings (SSSR count). The molecule has 1 fully saturated rings. The van der Waals surface area contributed by atoms with Gasteiger partial charge in [0.15, 0.2) is 0 Å². The third-order valence-corrected chi connectivity index (χ3v) is 5.69. The zero-order chi connectivity index (χ0) is 20.6. The molecule has 1 aliphatic rings. The number of nitrogens with zero attached hydrogens (tertiary/aromatic N) is 1. The Morgan fingerprint density at radius 1 is 0.966 bits per heavy atom. The predicted molar refractivity (Wildman–Crippen MR) is 113 cm³/mol. The summed E-state index contributed by atoms with van der Waals surface area (Å²) in [6.45, 7) is 4.11. The summed E-state index contributed by atoms with van der Waals surface area (Å²) in [5.41, 5.74) is 4.84. The quantitative estimate of drug-likeness (QED) is 0.486. The molecule has 0 radical (unpaired) electrons. The molecule has 0 saturated heterocycles. The van der Waals surface area contributed by atoms with Crippen LogP contribution >= 0.6 is 0 Å². The van der Waals surface area contributed by atoms with Crippen LogP contribution in [0.15, 0.2) is 72.8 Å². The summed E-state index contributed by atoms with van der Waals surface area (Å²) < 4.78 is 0. The minimum Gasteiger partial charge on any atom is -0.326 e. The van der Waals surface area contributed by atoms with Crippen molar-refractivity contribution in [1.82, 2.24) is 0 Å². The van der Waals surface area contributed by atoms with E-state index in [0.717, 1.165) is 28.7 Å². The third-order valence-electron chi connectivity index (χ3n) is 5.69. The molecule has 0 unspecified atom stereocenters. The number of aryl methyl sites for hydroxylation is 2. The van der Waals surface area contributed by atoms with E-state index in [4.69, 9.17) is 0 Å². The van der Waals surface area contributed by atoms with E-state index in [1.807, 2.05) is 12.1 Å². The topological polar surface area (TPSA) is 72.2 Å². The molecule has 3 aromatic carbocycles. The Bertz CT molecular complexity index is 1040. The first-order valence-electron chi connectivity index (χ1n) is 9.60. The van der Waals surface area contributed by atoms with Crippen molar-refractivity contribution in [3.8, 4) is 0 Å². The second-order valence-corrected chi connectivity index (χ2v) is 7.76. The Kier molecular flexibility index (Phi) is 4.66. The highest BCUT2D eigenvalue weighted by Crippen LogP contribution is 2.59. The van der Waals surface area contributed by atoms with Gasteiger partial charge in [-0.15, -0.1) is 0 Å². The molecule has 29 heavy (non-hydrogen) atoms. The van der Waals surface area contributed by atoms with Crippen LogP contribution in [0, 0.1) is 29.9 Å². The predicted octanol–water partition coefficient (Wildman–Crippen LogP) is 5.16. The summed E-state index contributed by atoms with van der Waals surface area (Å²) in [4.78, 5) is 23.5. The Morgan fingerprint density at radius 2 is 1.52 bits per heavy atom. The van der Waals surface area contributed by atoms with Crippen LogP contribution in [0.5, 0.6) is 0 Å². The SMILES string of the molecule is Cc1cccc(C2(c3cccc(C)c3)C[C@@H]2C(=O)Nc2ccc([N+](=O)[O-])cc2)c1. The van der Waals surface area contributed by atoms with Crippen LogP contribution in [-0.2, 0) is 10.2 Å². The minimum atomic E-state index is -0.451. The molecule has 146 valence electrons. The van der Waals surface area contributed by atoms with E-state index in [9.17, 15) is 14.9 Å². The van der Waals surface area contributed by atoms with Gasteiger partial charge in [0.1, 0.15) is 0 Å². The van der Waals surface area contributed by atoms with Crippen molar-refractivity contribution in [2.24, 2.45) is 5.92 Å². The maximum atomic E-state index is 13.1. The Labute approximate surface area is 169 Å². The van der Waals surface area contributed by atoms with Gasteiger partial charge < -0.3 is 5.32 Å². The molecule has 0 aromatic heterocycles. The Hall–Kier alpha value is -3.47. The second kappa shape index (κ2) is 7.17. The van der Waals surface area contributed by atoms with Crippen molar-refractivity contribution in [1.29, 1.82) is 0 Å². The molecule has 5 heteroatoms. The normalized spacial score (nSPS) is 16.8. The average molecular weight is 386 g/mol. The monoisotopic (exact) mass is 386 g/mol. The lowest BCUT2D eigenvalue weighted by Gasteiger charge is -2.20. The van der Waals surface area contributed by atoms with Crippen molar-refractivity contribution in [2.45, 2.75) is 25.7 Å². The number of nitro benzene ring substituents is 1. The van der Waals surface area contributed by atoms with E-state index >= 15 is 0 Å². The highest BCUT2D eigenvalue weighted by molar-refractivity contribution is 5.97. The zero-order valence-corrected chi connectivity index (χ0v) is 16.4.